The first-order chi connectivity index (χ1) is 6.70. The molecule has 0 fully saturated rings. The van der Waals surface area contributed by atoms with Gasteiger partial charge in [0.25, 0.3) is 0 Å². The van der Waals surface area contributed by atoms with Crippen LogP contribution >= 0.6 is 0 Å². The number of carbonyl (C=O) groups excluding carboxylic acids is 1. The first kappa shape index (κ1) is 12.8. The molecule has 14 heavy (non-hydrogen) atoms. The van der Waals surface area contributed by atoms with E-state index in [9.17, 15) is 4.79 Å². The molecular formula is C10H17NO3. The number of carbonyl (C=O) groups is 1. The zero-order valence-electron chi connectivity index (χ0n) is 8.78. The number of hydrogen-bond donors (Lipinski definition) is 0. The molecule has 0 N–H and O–H groups in total. The summed E-state index contributed by atoms with van der Waals surface area (Å²) in [5.41, 5.74) is 0.760. The van der Waals surface area contributed by atoms with E-state index in [1.54, 1.807) is 14.0 Å². The van der Waals surface area contributed by atoms with Crippen molar-refractivity contribution in [1.29, 1.82) is 0 Å². The number of ether oxygens (including phenoxy) is 2. The summed E-state index contributed by atoms with van der Waals surface area (Å²) < 4.78 is 9.62. The molecule has 0 aliphatic heterocycles. The van der Waals surface area contributed by atoms with E-state index in [2.05, 4.69) is 11.6 Å². The summed E-state index contributed by atoms with van der Waals surface area (Å²) in [5, 5.41) is 0. The lowest BCUT2D eigenvalue weighted by atomic mass is 10.3. The fourth-order valence-corrected chi connectivity index (χ4v) is 0.795. The van der Waals surface area contributed by atoms with Crippen LogP contribution < -0.4 is 0 Å². The van der Waals surface area contributed by atoms with Crippen LogP contribution in [0.2, 0.25) is 0 Å². The van der Waals surface area contributed by atoms with E-state index in [1.165, 1.54) is 6.08 Å². The highest BCUT2D eigenvalue weighted by molar-refractivity contribution is 5.97. The minimum atomic E-state index is -0.274. The van der Waals surface area contributed by atoms with E-state index in [-0.39, 0.29) is 19.0 Å². The van der Waals surface area contributed by atoms with Crippen LogP contribution in [0.15, 0.2) is 17.6 Å². The number of aliphatic imine (C=N–C) groups is 1. The Morgan fingerprint density at radius 2 is 2.29 bits per heavy atom. The number of nitrogens with zero attached hydrogens (tertiary/aromatic N) is 1. The molecule has 4 nitrogen and oxygen atoms in total. The Morgan fingerprint density at radius 3 is 2.86 bits per heavy atom. The van der Waals surface area contributed by atoms with Crippen molar-refractivity contribution in [3.63, 3.8) is 0 Å². The van der Waals surface area contributed by atoms with Gasteiger partial charge in [0, 0.05) is 12.8 Å². The topological polar surface area (TPSA) is 47.9 Å². The van der Waals surface area contributed by atoms with Crippen molar-refractivity contribution >= 4 is 11.7 Å². The van der Waals surface area contributed by atoms with Gasteiger partial charge in [-0.1, -0.05) is 12.7 Å². The van der Waals surface area contributed by atoms with Gasteiger partial charge in [-0.05, 0) is 6.92 Å². The highest BCUT2D eigenvalue weighted by atomic mass is 16.5. The molecular weight excluding hydrogens is 182 g/mol. The van der Waals surface area contributed by atoms with Crippen molar-refractivity contribution in [2.45, 2.75) is 13.3 Å². The first-order valence-electron chi connectivity index (χ1n) is 4.46. The van der Waals surface area contributed by atoms with Gasteiger partial charge in [-0.25, -0.2) is 0 Å². The molecule has 0 aromatic rings. The third kappa shape index (κ3) is 7.49. The fourth-order valence-electron chi connectivity index (χ4n) is 0.795. The third-order valence-electron chi connectivity index (χ3n) is 1.44. The van der Waals surface area contributed by atoms with Gasteiger partial charge in [0.1, 0.15) is 6.61 Å². The predicted octanol–water partition coefficient (Wildman–Crippen LogP) is 1.21. The molecule has 0 heterocycles. The van der Waals surface area contributed by atoms with E-state index in [4.69, 9.17) is 9.47 Å². The van der Waals surface area contributed by atoms with Gasteiger partial charge in [0.05, 0.1) is 19.6 Å². The Hall–Kier alpha value is -1.16. The molecule has 4 heteroatoms. The summed E-state index contributed by atoms with van der Waals surface area (Å²) in [6, 6.07) is 0. The summed E-state index contributed by atoms with van der Waals surface area (Å²) in [5.74, 6) is -0.274. The van der Waals surface area contributed by atoms with Crippen LogP contribution in [0, 0.1) is 0 Å². The third-order valence-corrected chi connectivity index (χ3v) is 1.44. The van der Waals surface area contributed by atoms with Crippen LogP contribution in [0.3, 0.4) is 0 Å². The molecule has 0 spiro atoms. The van der Waals surface area contributed by atoms with Crippen molar-refractivity contribution in [1.82, 2.24) is 0 Å². The molecule has 0 aromatic heterocycles. The minimum absolute atomic E-state index is 0.234. The molecule has 0 rings (SSSR count). The molecule has 0 amide bonds. The van der Waals surface area contributed by atoms with E-state index in [0.717, 1.165) is 5.71 Å². The first-order valence-corrected chi connectivity index (χ1v) is 4.46. The molecule has 0 unspecified atom stereocenters. The van der Waals surface area contributed by atoms with Gasteiger partial charge >= 0.3 is 5.97 Å². The second kappa shape index (κ2) is 8.44. The van der Waals surface area contributed by atoms with Gasteiger partial charge in [-0.15, -0.1) is 0 Å². The van der Waals surface area contributed by atoms with E-state index in [0.29, 0.717) is 13.2 Å². The van der Waals surface area contributed by atoms with Crippen molar-refractivity contribution in [3.05, 3.63) is 12.7 Å². The second-order valence-corrected chi connectivity index (χ2v) is 2.76. The van der Waals surface area contributed by atoms with E-state index >= 15 is 0 Å². The number of methoxy groups -OCH3 is 1. The summed E-state index contributed by atoms with van der Waals surface area (Å²) in [4.78, 5) is 15.2. The van der Waals surface area contributed by atoms with Gasteiger partial charge < -0.3 is 9.47 Å². The van der Waals surface area contributed by atoms with Gasteiger partial charge in [0.15, 0.2) is 0 Å². The van der Waals surface area contributed by atoms with Crippen molar-refractivity contribution in [2.75, 3.05) is 26.9 Å². The quantitative estimate of drug-likeness (QED) is 0.268. The molecule has 0 aliphatic rings. The summed E-state index contributed by atoms with van der Waals surface area (Å²) >= 11 is 0. The van der Waals surface area contributed by atoms with Crippen LogP contribution in [0.1, 0.15) is 13.3 Å². The van der Waals surface area contributed by atoms with Crippen LogP contribution in [0.5, 0.6) is 0 Å². The molecule has 0 saturated heterocycles. The Labute approximate surface area is 84.6 Å². The lowest BCUT2D eigenvalue weighted by Gasteiger charge is -2.01. The minimum Gasteiger partial charge on any atom is -0.461 e. The van der Waals surface area contributed by atoms with Gasteiger partial charge in [-0.2, -0.15) is 0 Å². The Balaban J connectivity index is 3.68. The van der Waals surface area contributed by atoms with Crippen LogP contribution in [0.25, 0.3) is 0 Å². The molecule has 0 atom stereocenters. The largest absolute Gasteiger partial charge is 0.461 e. The van der Waals surface area contributed by atoms with Gasteiger partial charge in [-0.3, -0.25) is 9.79 Å². The fraction of sp³-hybridized carbons (Fsp3) is 0.600. The maximum absolute atomic E-state index is 11.1. The smallest absolute Gasteiger partial charge is 0.311 e. The Kier molecular flexibility index (Phi) is 7.74. The molecule has 0 radical (unpaired) electrons. The van der Waals surface area contributed by atoms with E-state index < -0.39 is 0 Å². The van der Waals surface area contributed by atoms with Crippen molar-refractivity contribution in [3.8, 4) is 0 Å². The molecule has 0 bridgehead atoms. The zero-order chi connectivity index (χ0) is 10.8. The average molecular weight is 199 g/mol. The summed E-state index contributed by atoms with van der Waals surface area (Å²) in [6.07, 6.45) is 1.77. The van der Waals surface area contributed by atoms with Crippen molar-refractivity contribution < 1.29 is 14.3 Å². The number of esters is 1. The summed E-state index contributed by atoms with van der Waals surface area (Å²) in [6.45, 7) is 6.65. The lowest BCUT2D eigenvalue weighted by molar-refractivity contribution is -0.140. The number of rotatable bonds is 7. The molecule has 0 saturated carbocycles. The normalized spacial score (nSPS) is 11.1. The maximum atomic E-state index is 11.1. The van der Waals surface area contributed by atoms with Crippen LogP contribution in [-0.2, 0) is 14.3 Å². The molecule has 0 aliphatic carbocycles. The predicted molar refractivity (Wildman–Crippen MR) is 55.6 cm³/mol. The van der Waals surface area contributed by atoms with Gasteiger partial charge in [0.2, 0.25) is 0 Å². The molecule has 80 valence electrons. The average Bonchev–Trinajstić information content (AvgIpc) is 2.15. The summed E-state index contributed by atoms with van der Waals surface area (Å²) in [7, 11) is 1.61. The SMILES string of the molecule is C=CCOC(=O)CC(C)=NCCOC. The van der Waals surface area contributed by atoms with E-state index in [1.807, 2.05) is 0 Å². The van der Waals surface area contributed by atoms with Crippen molar-refractivity contribution in [2.24, 2.45) is 4.99 Å². The number of hydrogen-bond acceptors (Lipinski definition) is 4. The molecule has 0 aromatic carbocycles. The zero-order valence-corrected chi connectivity index (χ0v) is 8.78. The van der Waals surface area contributed by atoms with Crippen LogP contribution in [-0.4, -0.2) is 38.5 Å². The lowest BCUT2D eigenvalue weighted by Crippen LogP contribution is -2.10. The standard InChI is InChI=1S/C10H17NO3/c1-4-6-14-10(12)8-9(2)11-5-7-13-3/h4H,1,5-8H2,2-3H3. The second-order valence-electron chi connectivity index (χ2n) is 2.76. The highest BCUT2D eigenvalue weighted by Crippen LogP contribution is 1.91. The maximum Gasteiger partial charge on any atom is 0.311 e. The van der Waals surface area contributed by atoms with Crippen LogP contribution in [0.4, 0.5) is 0 Å². The Morgan fingerprint density at radius 1 is 1.57 bits per heavy atom. The monoisotopic (exact) mass is 199 g/mol. The highest BCUT2D eigenvalue weighted by Gasteiger charge is 2.03. The Bertz CT molecular complexity index is 211.